The first kappa shape index (κ1) is 13.6. The Labute approximate surface area is 121 Å². The van der Waals surface area contributed by atoms with Gasteiger partial charge in [0.05, 0.1) is 0 Å². The molecule has 0 saturated heterocycles. The van der Waals surface area contributed by atoms with Crippen molar-refractivity contribution in [2.24, 2.45) is 0 Å². The Morgan fingerprint density at radius 3 is 2.70 bits per heavy atom. The van der Waals surface area contributed by atoms with Crippen molar-refractivity contribution in [3.05, 3.63) is 35.4 Å². The van der Waals surface area contributed by atoms with E-state index in [2.05, 4.69) is 34.9 Å². The summed E-state index contributed by atoms with van der Waals surface area (Å²) >= 11 is 0. The first-order valence-corrected chi connectivity index (χ1v) is 7.91. The number of hydrogen-bond donors (Lipinski definition) is 2. The van der Waals surface area contributed by atoms with E-state index in [1.54, 1.807) is 0 Å². The molecule has 1 aromatic carbocycles. The fourth-order valence-electron chi connectivity index (χ4n) is 2.95. The summed E-state index contributed by atoms with van der Waals surface area (Å²) in [6.45, 7) is 0.949. The molecule has 1 aromatic rings. The Balaban J connectivity index is 1.34. The summed E-state index contributed by atoms with van der Waals surface area (Å²) in [4.78, 5) is 11.6. The lowest BCUT2D eigenvalue weighted by atomic mass is 9.88. The molecule has 2 N–H and O–H groups in total. The quantitative estimate of drug-likeness (QED) is 0.779. The Kier molecular flexibility index (Phi) is 4.36. The number of aryl methyl sites for hydroxylation is 1. The maximum absolute atomic E-state index is 11.6. The van der Waals surface area contributed by atoms with Gasteiger partial charge in [0.15, 0.2) is 0 Å². The average molecular weight is 272 g/mol. The second-order valence-electron chi connectivity index (χ2n) is 6.11. The van der Waals surface area contributed by atoms with E-state index in [1.807, 2.05) is 0 Å². The minimum absolute atomic E-state index is 0.225. The maximum atomic E-state index is 11.6. The van der Waals surface area contributed by atoms with Gasteiger partial charge in [-0.25, -0.2) is 0 Å². The van der Waals surface area contributed by atoms with E-state index in [-0.39, 0.29) is 5.91 Å². The number of rotatable bonds is 6. The fourth-order valence-corrected chi connectivity index (χ4v) is 2.95. The summed E-state index contributed by atoms with van der Waals surface area (Å²) in [6.07, 6.45) is 7.46. The van der Waals surface area contributed by atoms with Gasteiger partial charge in [0.25, 0.3) is 0 Å². The average Bonchev–Trinajstić information content (AvgIpc) is 3.27. The van der Waals surface area contributed by atoms with Gasteiger partial charge in [-0.15, -0.1) is 0 Å². The molecule has 1 unspecified atom stereocenters. The van der Waals surface area contributed by atoms with Crippen molar-refractivity contribution in [1.29, 1.82) is 0 Å². The van der Waals surface area contributed by atoms with Gasteiger partial charge in [0.2, 0.25) is 5.91 Å². The summed E-state index contributed by atoms with van der Waals surface area (Å²) in [5.74, 6) is 0.225. The molecule has 3 heteroatoms. The molecule has 2 aliphatic carbocycles. The van der Waals surface area contributed by atoms with Crippen molar-refractivity contribution < 1.29 is 4.79 Å². The smallest absolute Gasteiger partial charge is 0.220 e. The van der Waals surface area contributed by atoms with Crippen molar-refractivity contribution in [2.75, 3.05) is 6.54 Å². The van der Waals surface area contributed by atoms with E-state index >= 15 is 0 Å². The van der Waals surface area contributed by atoms with Crippen LogP contribution in [0.5, 0.6) is 0 Å². The van der Waals surface area contributed by atoms with Gasteiger partial charge in [-0.2, -0.15) is 0 Å². The highest BCUT2D eigenvalue weighted by atomic mass is 16.1. The Morgan fingerprint density at radius 1 is 1.10 bits per heavy atom. The van der Waals surface area contributed by atoms with E-state index < -0.39 is 0 Å². The number of fused-ring (bicyclic) bond motifs is 1. The van der Waals surface area contributed by atoms with Gasteiger partial charge in [0.1, 0.15) is 0 Å². The van der Waals surface area contributed by atoms with Crippen molar-refractivity contribution in [3.8, 4) is 0 Å². The normalized spacial score (nSPS) is 21.3. The van der Waals surface area contributed by atoms with Crippen molar-refractivity contribution in [3.63, 3.8) is 0 Å². The topological polar surface area (TPSA) is 41.1 Å². The summed E-state index contributed by atoms with van der Waals surface area (Å²) in [5.41, 5.74) is 3.00. The first-order chi connectivity index (χ1) is 9.81. The van der Waals surface area contributed by atoms with Crippen LogP contribution in [0.25, 0.3) is 0 Å². The zero-order valence-electron chi connectivity index (χ0n) is 12.0. The first-order valence-electron chi connectivity index (χ1n) is 7.91. The van der Waals surface area contributed by atoms with Crippen LogP contribution in [0, 0.1) is 0 Å². The second-order valence-corrected chi connectivity index (χ2v) is 6.11. The van der Waals surface area contributed by atoms with Gasteiger partial charge in [-0.3, -0.25) is 4.79 Å². The van der Waals surface area contributed by atoms with Crippen LogP contribution in [0.15, 0.2) is 24.3 Å². The van der Waals surface area contributed by atoms with Crippen LogP contribution in [-0.4, -0.2) is 24.5 Å². The highest BCUT2D eigenvalue weighted by Crippen LogP contribution is 2.21. The molecule has 3 rings (SSSR count). The molecule has 1 amide bonds. The fraction of sp³-hybridized carbons (Fsp3) is 0.588. The standard InChI is InChI=1S/C17H24N2O/c20-17(19-15-9-10-15)6-3-11-18-16-8-7-13-4-1-2-5-14(13)12-16/h1-2,4-5,15-16,18H,3,6-12H2,(H,19,20). The molecule has 0 radical (unpaired) electrons. The van der Waals surface area contributed by atoms with Gasteiger partial charge in [-0.1, -0.05) is 24.3 Å². The molecule has 0 heterocycles. The van der Waals surface area contributed by atoms with Crippen LogP contribution in [0.1, 0.15) is 43.2 Å². The van der Waals surface area contributed by atoms with Crippen LogP contribution in [0.3, 0.4) is 0 Å². The molecular weight excluding hydrogens is 248 g/mol. The molecule has 1 fully saturated rings. The third-order valence-corrected chi connectivity index (χ3v) is 4.30. The van der Waals surface area contributed by atoms with E-state index in [1.165, 1.54) is 36.8 Å². The van der Waals surface area contributed by atoms with Crippen molar-refractivity contribution in [1.82, 2.24) is 10.6 Å². The van der Waals surface area contributed by atoms with Crippen LogP contribution in [0.4, 0.5) is 0 Å². The zero-order chi connectivity index (χ0) is 13.8. The maximum Gasteiger partial charge on any atom is 0.220 e. The Bertz CT molecular complexity index is 468. The van der Waals surface area contributed by atoms with Crippen LogP contribution >= 0.6 is 0 Å². The van der Waals surface area contributed by atoms with E-state index in [4.69, 9.17) is 0 Å². The second kappa shape index (κ2) is 6.40. The van der Waals surface area contributed by atoms with Gasteiger partial charge < -0.3 is 10.6 Å². The summed E-state index contributed by atoms with van der Waals surface area (Å²) in [7, 11) is 0. The number of hydrogen-bond acceptors (Lipinski definition) is 2. The lowest BCUT2D eigenvalue weighted by molar-refractivity contribution is -0.121. The number of carbonyl (C=O) groups excluding carboxylic acids is 1. The summed E-state index contributed by atoms with van der Waals surface area (Å²) in [6, 6.07) is 9.82. The number of carbonyl (C=O) groups is 1. The third-order valence-electron chi connectivity index (χ3n) is 4.30. The molecule has 3 nitrogen and oxygen atoms in total. The molecule has 1 saturated carbocycles. The minimum atomic E-state index is 0.225. The lowest BCUT2D eigenvalue weighted by Crippen LogP contribution is -2.35. The molecule has 0 bridgehead atoms. The third kappa shape index (κ3) is 3.83. The number of benzene rings is 1. The number of nitrogens with one attached hydrogen (secondary N) is 2. The molecule has 108 valence electrons. The molecule has 0 spiro atoms. The molecule has 1 atom stereocenters. The van der Waals surface area contributed by atoms with Crippen LogP contribution < -0.4 is 10.6 Å². The number of amides is 1. The van der Waals surface area contributed by atoms with E-state index in [9.17, 15) is 4.79 Å². The zero-order valence-corrected chi connectivity index (χ0v) is 12.0. The summed E-state index contributed by atoms with van der Waals surface area (Å²) in [5, 5.41) is 6.65. The minimum Gasteiger partial charge on any atom is -0.353 e. The molecule has 0 aliphatic heterocycles. The highest BCUT2D eigenvalue weighted by Gasteiger charge is 2.23. The van der Waals surface area contributed by atoms with Gasteiger partial charge in [0, 0.05) is 18.5 Å². The summed E-state index contributed by atoms with van der Waals surface area (Å²) < 4.78 is 0. The van der Waals surface area contributed by atoms with Crippen LogP contribution in [-0.2, 0) is 17.6 Å². The van der Waals surface area contributed by atoms with Gasteiger partial charge in [-0.05, 0) is 56.2 Å². The highest BCUT2D eigenvalue weighted by molar-refractivity contribution is 5.76. The Hall–Kier alpha value is -1.35. The van der Waals surface area contributed by atoms with Gasteiger partial charge >= 0.3 is 0 Å². The van der Waals surface area contributed by atoms with Crippen molar-refractivity contribution >= 4 is 5.91 Å². The molecule has 0 aromatic heterocycles. The largest absolute Gasteiger partial charge is 0.353 e. The van der Waals surface area contributed by atoms with Crippen molar-refractivity contribution in [2.45, 2.75) is 57.0 Å². The van der Waals surface area contributed by atoms with Crippen LogP contribution in [0.2, 0.25) is 0 Å². The molecular formula is C17H24N2O. The predicted octanol–water partition coefficient (Wildman–Crippen LogP) is 2.19. The van der Waals surface area contributed by atoms with E-state index in [0.29, 0.717) is 18.5 Å². The monoisotopic (exact) mass is 272 g/mol. The Morgan fingerprint density at radius 2 is 1.90 bits per heavy atom. The lowest BCUT2D eigenvalue weighted by Gasteiger charge is -2.25. The molecule has 2 aliphatic rings. The molecule has 20 heavy (non-hydrogen) atoms. The van der Waals surface area contributed by atoms with E-state index in [0.717, 1.165) is 19.4 Å². The SMILES string of the molecule is O=C(CCCNC1CCc2ccccc2C1)NC1CC1. The predicted molar refractivity (Wildman–Crippen MR) is 80.7 cm³/mol.